The summed E-state index contributed by atoms with van der Waals surface area (Å²) in [6.45, 7) is 1.57. The summed E-state index contributed by atoms with van der Waals surface area (Å²) in [5, 5.41) is 3.10. The molecule has 164 valence electrons. The molecule has 2 aromatic rings. The first-order valence-electron chi connectivity index (χ1n) is 11.1. The number of nitrogens with one attached hydrogen (secondary N) is 1. The minimum Gasteiger partial charge on any atom is -0.494 e. The Morgan fingerprint density at radius 3 is 2.55 bits per heavy atom. The van der Waals surface area contributed by atoms with Crippen LogP contribution in [-0.4, -0.2) is 26.7 Å². The Labute approximate surface area is 182 Å². The Balaban J connectivity index is 1.43. The van der Waals surface area contributed by atoms with Gasteiger partial charge in [-0.3, -0.25) is 4.79 Å². The zero-order chi connectivity index (χ0) is 21.6. The molecular weight excluding hydrogens is 395 g/mol. The normalized spacial score (nSPS) is 23.3. The molecule has 0 aromatic heterocycles. The molecule has 2 aromatic carbocycles. The summed E-state index contributed by atoms with van der Waals surface area (Å²) in [7, 11) is 3.26. The van der Waals surface area contributed by atoms with Crippen molar-refractivity contribution in [3.05, 3.63) is 47.3 Å². The van der Waals surface area contributed by atoms with Crippen molar-refractivity contribution in [1.82, 2.24) is 0 Å². The maximum atomic E-state index is 13.3. The molecule has 3 saturated carbocycles. The molecule has 1 amide bonds. The molecular formula is C25H29FN2O3. The van der Waals surface area contributed by atoms with Crippen LogP contribution in [0.5, 0.6) is 11.5 Å². The van der Waals surface area contributed by atoms with Crippen LogP contribution in [0.2, 0.25) is 0 Å². The molecule has 31 heavy (non-hydrogen) atoms. The van der Waals surface area contributed by atoms with E-state index in [1.54, 1.807) is 14.2 Å². The molecule has 4 aliphatic rings. The standard InChI is InChI=1S/C25H29FN2O3/c1-30-21-10-20-19(4-3-9-28(20)15-16-5-7-18(26)8-6-16)24(31-2)23(21)27-22(29)14-25-11-17(12-25)13-25/h5-8,10,17H,3-4,9,11-15H2,1-2H3,(H,27,29). The van der Waals surface area contributed by atoms with E-state index in [1.165, 1.54) is 31.4 Å². The SMILES string of the molecule is COc1cc2c(c(OC)c1NC(=O)CC13CC(C1)C3)CCCN2Cc1ccc(F)cc1. The van der Waals surface area contributed by atoms with Crippen LogP contribution in [0.4, 0.5) is 15.8 Å². The molecule has 1 N–H and O–H groups in total. The summed E-state index contributed by atoms with van der Waals surface area (Å²) in [4.78, 5) is 15.1. The number of hydrogen-bond donors (Lipinski definition) is 1. The number of carbonyl (C=O) groups excluding carboxylic acids is 1. The third-order valence-corrected chi connectivity index (χ3v) is 7.20. The molecule has 6 rings (SSSR count). The van der Waals surface area contributed by atoms with Gasteiger partial charge < -0.3 is 19.7 Å². The van der Waals surface area contributed by atoms with Crippen LogP contribution in [0.15, 0.2) is 30.3 Å². The Morgan fingerprint density at radius 1 is 1.19 bits per heavy atom. The van der Waals surface area contributed by atoms with E-state index in [1.807, 2.05) is 18.2 Å². The van der Waals surface area contributed by atoms with E-state index in [-0.39, 0.29) is 17.1 Å². The van der Waals surface area contributed by atoms with Gasteiger partial charge in [0.2, 0.25) is 5.91 Å². The highest BCUT2D eigenvalue weighted by Gasteiger charge is 2.57. The summed E-state index contributed by atoms with van der Waals surface area (Å²) >= 11 is 0. The van der Waals surface area contributed by atoms with E-state index in [0.29, 0.717) is 30.2 Å². The Morgan fingerprint density at radius 2 is 1.94 bits per heavy atom. The maximum Gasteiger partial charge on any atom is 0.225 e. The molecule has 2 bridgehead atoms. The number of hydrogen-bond acceptors (Lipinski definition) is 4. The van der Waals surface area contributed by atoms with Crippen molar-refractivity contribution < 1.29 is 18.7 Å². The summed E-state index contributed by atoms with van der Waals surface area (Å²) in [6.07, 6.45) is 6.00. The highest BCUT2D eigenvalue weighted by Crippen LogP contribution is 2.66. The lowest BCUT2D eigenvalue weighted by Crippen LogP contribution is -2.53. The molecule has 3 aliphatic carbocycles. The zero-order valence-corrected chi connectivity index (χ0v) is 18.2. The van der Waals surface area contributed by atoms with Gasteiger partial charge in [-0.1, -0.05) is 12.1 Å². The molecule has 1 heterocycles. The Bertz CT molecular complexity index is 988. The molecule has 5 nitrogen and oxygen atoms in total. The monoisotopic (exact) mass is 424 g/mol. The second kappa shape index (κ2) is 7.74. The number of halogens is 1. The lowest BCUT2D eigenvalue weighted by atomic mass is 9.43. The van der Waals surface area contributed by atoms with Crippen molar-refractivity contribution in [2.75, 3.05) is 31.0 Å². The topological polar surface area (TPSA) is 50.8 Å². The first kappa shape index (κ1) is 20.2. The quantitative estimate of drug-likeness (QED) is 0.685. The smallest absolute Gasteiger partial charge is 0.225 e. The van der Waals surface area contributed by atoms with Crippen molar-refractivity contribution in [2.24, 2.45) is 11.3 Å². The van der Waals surface area contributed by atoms with E-state index in [0.717, 1.165) is 42.1 Å². The second-order valence-electron chi connectivity index (χ2n) is 9.34. The van der Waals surface area contributed by atoms with Crippen LogP contribution < -0.4 is 19.7 Å². The van der Waals surface area contributed by atoms with E-state index in [9.17, 15) is 9.18 Å². The summed E-state index contributed by atoms with van der Waals surface area (Å²) in [5.41, 5.74) is 4.04. The van der Waals surface area contributed by atoms with Gasteiger partial charge in [-0.15, -0.1) is 0 Å². The number of carbonyl (C=O) groups is 1. The van der Waals surface area contributed by atoms with Gasteiger partial charge in [0, 0.05) is 36.8 Å². The number of anilines is 2. The molecule has 3 fully saturated rings. The van der Waals surface area contributed by atoms with Gasteiger partial charge in [-0.05, 0) is 61.1 Å². The highest BCUT2D eigenvalue weighted by atomic mass is 19.1. The van der Waals surface area contributed by atoms with Gasteiger partial charge in [-0.2, -0.15) is 0 Å². The van der Waals surface area contributed by atoms with Crippen molar-refractivity contribution in [1.29, 1.82) is 0 Å². The maximum absolute atomic E-state index is 13.3. The van der Waals surface area contributed by atoms with E-state index in [2.05, 4.69) is 10.2 Å². The van der Waals surface area contributed by atoms with Crippen LogP contribution in [0.3, 0.4) is 0 Å². The molecule has 1 aliphatic heterocycles. The molecule has 0 atom stereocenters. The van der Waals surface area contributed by atoms with Gasteiger partial charge in [0.25, 0.3) is 0 Å². The number of amides is 1. The van der Waals surface area contributed by atoms with Crippen LogP contribution in [-0.2, 0) is 17.8 Å². The third-order valence-electron chi connectivity index (χ3n) is 7.20. The number of fused-ring (bicyclic) bond motifs is 1. The van der Waals surface area contributed by atoms with Crippen molar-refractivity contribution in [3.8, 4) is 11.5 Å². The van der Waals surface area contributed by atoms with Crippen molar-refractivity contribution >= 4 is 17.3 Å². The van der Waals surface area contributed by atoms with Crippen LogP contribution in [0, 0.1) is 17.2 Å². The van der Waals surface area contributed by atoms with Gasteiger partial charge in [0.1, 0.15) is 17.3 Å². The van der Waals surface area contributed by atoms with Gasteiger partial charge in [0.05, 0.1) is 14.2 Å². The largest absolute Gasteiger partial charge is 0.494 e. The fourth-order valence-corrected chi connectivity index (χ4v) is 5.63. The number of methoxy groups -OCH3 is 2. The fourth-order valence-electron chi connectivity index (χ4n) is 5.63. The van der Waals surface area contributed by atoms with Gasteiger partial charge >= 0.3 is 0 Å². The molecule has 0 unspecified atom stereocenters. The van der Waals surface area contributed by atoms with Gasteiger partial charge in [0.15, 0.2) is 5.75 Å². The van der Waals surface area contributed by atoms with E-state index >= 15 is 0 Å². The average Bonchev–Trinajstić information content (AvgIpc) is 2.71. The number of benzene rings is 2. The molecule has 6 heteroatoms. The molecule has 0 radical (unpaired) electrons. The highest BCUT2D eigenvalue weighted by molar-refractivity contribution is 5.96. The lowest BCUT2D eigenvalue weighted by molar-refractivity contribution is -0.139. The number of rotatable bonds is 7. The summed E-state index contributed by atoms with van der Waals surface area (Å²) < 4.78 is 24.8. The Hall–Kier alpha value is -2.76. The minimum absolute atomic E-state index is 0.0358. The van der Waals surface area contributed by atoms with Crippen LogP contribution in [0.25, 0.3) is 0 Å². The fraction of sp³-hybridized carbons (Fsp3) is 0.480. The second-order valence-corrected chi connectivity index (χ2v) is 9.34. The summed E-state index contributed by atoms with van der Waals surface area (Å²) in [6, 6.07) is 8.62. The molecule has 0 spiro atoms. The molecule has 0 saturated heterocycles. The zero-order valence-electron chi connectivity index (χ0n) is 18.2. The lowest BCUT2D eigenvalue weighted by Gasteiger charge is -2.61. The number of ether oxygens (including phenoxy) is 2. The van der Waals surface area contributed by atoms with Crippen LogP contribution in [0.1, 0.15) is 43.2 Å². The van der Waals surface area contributed by atoms with E-state index in [4.69, 9.17) is 9.47 Å². The first-order valence-corrected chi connectivity index (χ1v) is 11.1. The predicted molar refractivity (Wildman–Crippen MR) is 118 cm³/mol. The van der Waals surface area contributed by atoms with Gasteiger partial charge in [-0.25, -0.2) is 4.39 Å². The van der Waals surface area contributed by atoms with Crippen LogP contribution >= 0.6 is 0 Å². The third kappa shape index (κ3) is 3.62. The first-order chi connectivity index (χ1) is 15.0. The Kier molecular flexibility index (Phi) is 5.03. The summed E-state index contributed by atoms with van der Waals surface area (Å²) in [5.74, 6) is 1.95. The van der Waals surface area contributed by atoms with Crippen molar-refractivity contribution in [3.63, 3.8) is 0 Å². The minimum atomic E-state index is -0.231. The van der Waals surface area contributed by atoms with Crippen molar-refractivity contribution in [2.45, 2.75) is 45.1 Å². The average molecular weight is 425 g/mol. The van der Waals surface area contributed by atoms with E-state index < -0.39 is 0 Å². The number of nitrogens with zero attached hydrogens (tertiary/aromatic N) is 1. The predicted octanol–water partition coefficient (Wildman–Crippen LogP) is 4.92.